The zero-order valence-electron chi connectivity index (χ0n) is 17.0. The van der Waals surface area contributed by atoms with Crippen molar-refractivity contribution in [2.45, 2.75) is 32.3 Å². The highest BCUT2D eigenvalue weighted by Gasteiger charge is 2.59. The van der Waals surface area contributed by atoms with Gasteiger partial charge in [0.25, 0.3) is 0 Å². The molecule has 3 rings (SSSR count). The van der Waals surface area contributed by atoms with Crippen LogP contribution in [0.25, 0.3) is 0 Å². The summed E-state index contributed by atoms with van der Waals surface area (Å²) in [6.45, 7) is 2.33. The zero-order valence-corrected chi connectivity index (χ0v) is 17.0. The summed E-state index contributed by atoms with van der Waals surface area (Å²) in [4.78, 5) is 36.4. The molecule has 0 bridgehead atoms. The van der Waals surface area contributed by atoms with Crippen molar-refractivity contribution in [3.05, 3.63) is 71.8 Å². The highest BCUT2D eigenvalue weighted by molar-refractivity contribution is 5.90. The van der Waals surface area contributed by atoms with Crippen LogP contribution in [0.15, 0.2) is 60.7 Å². The molecule has 1 fully saturated rings. The number of hydrogen-bond donors (Lipinski definition) is 0. The lowest BCUT2D eigenvalue weighted by atomic mass is 9.84. The number of benzene rings is 2. The van der Waals surface area contributed by atoms with Crippen LogP contribution in [0.3, 0.4) is 0 Å². The van der Waals surface area contributed by atoms with E-state index in [1.807, 2.05) is 6.07 Å². The molecule has 1 unspecified atom stereocenters. The van der Waals surface area contributed by atoms with Gasteiger partial charge in [-0.15, -0.1) is 0 Å². The Morgan fingerprint density at radius 1 is 0.968 bits per heavy atom. The van der Waals surface area contributed by atoms with Crippen molar-refractivity contribution in [3.63, 3.8) is 0 Å². The van der Waals surface area contributed by atoms with Crippen molar-refractivity contribution < 1.29 is 33.3 Å². The van der Waals surface area contributed by atoms with Crippen molar-refractivity contribution >= 4 is 17.9 Å². The summed E-state index contributed by atoms with van der Waals surface area (Å²) in [6, 6.07) is 18.6. The molecule has 0 radical (unpaired) electrons. The Balaban J connectivity index is 1.81. The average molecular weight is 423 g/mol. The maximum Gasteiger partial charge on any atom is 0.338 e. The summed E-state index contributed by atoms with van der Waals surface area (Å²) >= 11 is 0. The summed E-state index contributed by atoms with van der Waals surface area (Å²) in [5, 5.41) is 9.82. The molecule has 1 heterocycles. The first-order valence-electron chi connectivity index (χ1n) is 9.57. The van der Waals surface area contributed by atoms with E-state index in [-0.39, 0.29) is 12.2 Å². The second-order valence-electron chi connectivity index (χ2n) is 7.17. The van der Waals surface area contributed by atoms with Gasteiger partial charge in [-0.3, -0.25) is 4.79 Å². The van der Waals surface area contributed by atoms with Crippen LogP contribution < -0.4 is 0 Å². The lowest BCUT2D eigenvalue weighted by Crippen LogP contribution is -2.43. The molecule has 0 spiro atoms. The Morgan fingerprint density at radius 2 is 1.52 bits per heavy atom. The maximum absolute atomic E-state index is 12.6. The molecule has 1 saturated heterocycles. The number of esters is 3. The van der Waals surface area contributed by atoms with Gasteiger partial charge in [-0.1, -0.05) is 36.4 Å². The van der Waals surface area contributed by atoms with Gasteiger partial charge in [0.15, 0.2) is 11.5 Å². The van der Waals surface area contributed by atoms with Crippen LogP contribution in [0.4, 0.5) is 0 Å². The first kappa shape index (κ1) is 22.0. The number of hydrogen-bond acceptors (Lipinski definition) is 8. The predicted octanol–water partition coefficient (Wildman–Crippen LogP) is 2.89. The van der Waals surface area contributed by atoms with Crippen molar-refractivity contribution in [3.8, 4) is 6.07 Å². The minimum absolute atomic E-state index is 0.277. The molecule has 0 N–H and O–H groups in total. The summed E-state index contributed by atoms with van der Waals surface area (Å²) in [5.74, 6) is -1.95. The van der Waals surface area contributed by atoms with Crippen LogP contribution in [0.2, 0.25) is 0 Å². The third kappa shape index (κ3) is 4.90. The molecular weight excluding hydrogens is 402 g/mol. The number of nitriles is 1. The van der Waals surface area contributed by atoms with E-state index in [2.05, 4.69) is 0 Å². The first-order valence-corrected chi connectivity index (χ1v) is 9.57. The van der Waals surface area contributed by atoms with Crippen molar-refractivity contribution in [1.29, 1.82) is 5.26 Å². The second-order valence-corrected chi connectivity index (χ2v) is 7.17. The highest BCUT2D eigenvalue weighted by atomic mass is 16.7. The third-order valence-corrected chi connectivity index (χ3v) is 4.86. The molecule has 2 aromatic carbocycles. The first-order chi connectivity index (χ1) is 14.8. The Morgan fingerprint density at radius 3 is 2.03 bits per heavy atom. The van der Waals surface area contributed by atoms with Crippen molar-refractivity contribution in [2.24, 2.45) is 5.41 Å². The summed E-state index contributed by atoms with van der Waals surface area (Å²) in [6.07, 6.45) is -3.48. The number of nitrogens with zero attached hydrogens (tertiary/aromatic N) is 1. The molecule has 160 valence electrons. The third-order valence-electron chi connectivity index (χ3n) is 4.86. The molecule has 0 saturated carbocycles. The molecule has 1 aliphatic rings. The van der Waals surface area contributed by atoms with Gasteiger partial charge in [0, 0.05) is 6.92 Å². The number of carbonyl (C=O) groups is 3. The lowest BCUT2D eigenvalue weighted by molar-refractivity contribution is -0.185. The Hall–Kier alpha value is -3.70. The quantitative estimate of drug-likeness (QED) is 0.515. The molecular formula is C23H21NO7. The van der Waals surface area contributed by atoms with Gasteiger partial charge in [-0.25, -0.2) is 9.59 Å². The number of carbonyl (C=O) groups excluding carboxylic acids is 3. The van der Waals surface area contributed by atoms with E-state index in [0.717, 1.165) is 0 Å². The Bertz CT molecular complexity index is 986. The molecule has 4 atom stereocenters. The van der Waals surface area contributed by atoms with Gasteiger partial charge in [-0.2, -0.15) is 5.26 Å². The van der Waals surface area contributed by atoms with E-state index in [4.69, 9.17) is 18.9 Å². The monoisotopic (exact) mass is 423 g/mol. The zero-order chi connectivity index (χ0) is 22.4. The SMILES string of the molecule is CC(=O)OC1O[C@H](COC(=O)c2ccccc2)[C@@H](OC(=O)c2ccccc2)[C@@]1(C)C#N. The minimum Gasteiger partial charge on any atom is -0.459 e. The van der Waals surface area contributed by atoms with E-state index in [9.17, 15) is 19.6 Å². The second kappa shape index (κ2) is 9.41. The van der Waals surface area contributed by atoms with Gasteiger partial charge in [-0.05, 0) is 31.2 Å². The maximum atomic E-state index is 12.6. The fourth-order valence-electron chi connectivity index (χ4n) is 3.21. The molecule has 8 nitrogen and oxygen atoms in total. The standard InChI is InChI=1S/C23H21NO7/c1-15(25)29-22-23(2,14-24)19(31-21(27)17-11-7-4-8-12-17)18(30-22)13-28-20(26)16-9-5-3-6-10-16/h3-12,18-19,22H,13H2,1-2H3/t18-,19-,22?,23-/m1/s1. The summed E-state index contributed by atoms with van der Waals surface area (Å²) in [7, 11) is 0. The molecule has 0 aromatic heterocycles. The van der Waals surface area contributed by atoms with E-state index < -0.39 is 41.8 Å². The molecule has 31 heavy (non-hydrogen) atoms. The van der Waals surface area contributed by atoms with Crippen LogP contribution in [0.5, 0.6) is 0 Å². The number of rotatable bonds is 6. The molecule has 0 aliphatic carbocycles. The van der Waals surface area contributed by atoms with Crippen LogP contribution in [-0.2, 0) is 23.7 Å². The van der Waals surface area contributed by atoms with E-state index in [1.165, 1.54) is 13.8 Å². The van der Waals surface area contributed by atoms with Gasteiger partial charge in [0.2, 0.25) is 6.29 Å². The smallest absolute Gasteiger partial charge is 0.338 e. The average Bonchev–Trinajstić information content (AvgIpc) is 3.04. The lowest BCUT2D eigenvalue weighted by Gasteiger charge is -2.27. The molecule has 8 heteroatoms. The largest absolute Gasteiger partial charge is 0.459 e. The van der Waals surface area contributed by atoms with Crippen molar-refractivity contribution in [2.75, 3.05) is 6.61 Å². The Labute approximate surface area is 179 Å². The van der Waals surface area contributed by atoms with Crippen LogP contribution >= 0.6 is 0 Å². The number of ether oxygens (including phenoxy) is 4. The van der Waals surface area contributed by atoms with Gasteiger partial charge < -0.3 is 18.9 Å². The van der Waals surface area contributed by atoms with Gasteiger partial charge in [0.1, 0.15) is 12.7 Å². The van der Waals surface area contributed by atoms with E-state index in [0.29, 0.717) is 5.56 Å². The van der Waals surface area contributed by atoms with Crippen LogP contribution in [0, 0.1) is 16.7 Å². The van der Waals surface area contributed by atoms with Crippen molar-refractivity contribution in [1.82, 2.24) is 0 Å². The summed E-state index contributed by atoms with van der Waals surface area (Å²) in [5.41, 5.74) is -0.906. The molecule has 0 amide bonds. The predicted molar refractivity (Wildman–Crippen MR) is 107 cm³/mol. The van der Waals surface area contributed by atoms with Crippen LogP contribution in [-0.4, -0.2) is 43.0 Å². The summed E-state index contributed by atoms with van der Waals surface area (Å²) < 4.78 is 21.7. The highest BCUT2D eigenvalue weighted by Crippen LogP contribution is 2.41. The fourth-order valence-corrected chi connectivity index (χ4v) is 3.21. The minimum atomic E-state index is -1.51. The van der Waals surface area contributed by atoms with E-state index >= 15 is 0 Å². The van der Waals surface area contributed by atoms with E-state index in [1.54, 1.807) is 60.7 Å². The normalized spacial score (nSPS) is 24.6. The van der Waals surface area contributed by atoms with Gasteiger partial charge in [0.05, 0.1) is 17.2 Å². The molecule has 2 aromatic rings. The van der Waals surface area contributed by atoms with Crippen LogP contribution in [0.1, 0.15) is 34.6 Å². The topological polar surface area (TPSA) is 112 Å². The van der Waals surface area contributed by atoms with Gasteiger partial charge >= 0.3 is 17.9 Å². The fraction of sp³-hybridized carbons (Fsp3) is 0.304. The Kier molecular flexibility index (Phi) is 6.68. The molecule has 1 aliphatic heterocycles.